The second-order valence-electron chi connectivity index (χ2n) is 4.98. The Morgan fingerprint density at radius 1 is 1.17 bits per heavy atom. The Hall–Kier alpha value is -2.28. The summed E-state index contributed by atoms with van der Waals surface area (Å²) in [7, 11) is 1.19. The Kier molecular flexibility index (Phi) is 6.03. The molecule has 1 amide bonds. The van der Waals surface area contributed by atoms with E-state index in [0.717, 1.165) is 22.2 Å². The van der Waals surface area contributed by atoms with Gasteiger partial charge in [-0.15, -0.1) is 0 Å². The summed E-state index contributed by atoms with van der Waals surface area (Å²) in [5.41, 5.74) is 0.299. The van der Waals surface area contributed by atoms with E-state index in [1.165, 1.54) is 13.2 Å². The largest absolute Gasteiger partial charge is 0.467 e. The summed E-state index contributed by atoms with van der Waals surface area (Å²) in [6.07, 6.45) is 0.155. The first-order chi connectivity index (χ1) is 11.4. The summed E-state index contributed by atoms with van der Waals surface area (Å²) in [6, 6.07) is 9.37. The van der Waals surface area contributed by atoms with Crippen molar-refractivity contribution in [1.29, 1.82) is 0 Å². The Morgan fingerprint density at radius 3 is 2.46 bits per heavy atom. The van der Waals surface area contributed by atoms with E-state index in [0.29, 0.717) is 0 Å². The highest BCUT2D eigenvalue weighted by atomic mass is 79.9. The minimum absolute atomic E-state index is 0.155. The summed E-state index contributed by atoms with van der Waals surface area (Å²) >= 11 is 3.30. The average Bonchev–Trinajstić information content (AvgIpc) is 2.57. The fourth-order valence-corrected chi connectivity index (χ4v) is 2.37. The van der Waals surface area contributed by atoms with Gasteiger partial charge in [0, 0.05) is 10.9 Å². The predicted molar refractivity (Wildman–Crippen MR) is 87.5 cm³/mol. The van der Waals surface area contributed by atoms with Crippen LogP contribution in [0.4, 0.5) is 8.78 Å². The fourth-order valence-electron chi connectivity index (χ4n) is 2.11. The molecule has 1 N–H and O–H groups in total. The van der Waals surface area contributed by atoms with Crippen LogP contribution in [0.15, 0.2) is 46.9 Å². The maximum absolute atomic E-state index is 13.7. The Bertz CT molecular complexity index is 750. The summed E-state index contributed by atoms with van der Waals surface area (Å²) in [5, 5.41) is 2.38. The number of amides is 1. The van der Waals surface area contributed by atoms with Gasteiger partial charge in [-0.3, -0.25) is 4.79 Å². The molecular weight excluding hydrogens is 384 g/mol. The molecule has 24 heavy (non-hydrogen) atoms. The van der Waals surface area contributed by atoms with Gasteiger partial charge in [0.1, 0.15) is 6.04 Å². The van der Waals surface area contributed by atoms with Gasteiger partial charge in [-0.05, 0) is 29.8 Å². The molecule has 0 radical (unpaired) electrons. The van der Waals surface area contributed by atoms with E-state index in [1.807, 2.05) is 0 Å². The van der Waals surface area contributed by atoms with Crippen LogP contribution in [0.5, 0.6) is 0 Å². The number of benzene rings is 2. The molecule has 0 unspecified atom stereocenters. The average molecular weight is 398 g/mol. The van der Waals surface area contributed by atoms with E-state index in [1.54, 1.807) is 24.3 Å². The lowest BCUT2D eigenvalue weighted by molar-refractivity contribution is -0.142. The van der Waals surface area contributed by atoms with Crippen molar-refractivity contribution in [2.75, 3.05) is 7.11 Å². The Labute approximate surface area is 145 Å². The van der Waals surface area contributed by atoms with Crippen LogP contribution < -0.4 is 5.32 Å². The summed E-state index contributed by atoms with van der Waals surface area (Å²) in [6.45, 7) is 0. The third-order valence-electron chi connectivity index (χ3n) is 3.34. The number of rotatable bonds is 5. The number of carbonyl (C=O) groups excluding carboxylic acids is 2. The fraction of sp³-hybridized carbons (Fsp3) is 0.176. The van der Waals surface area contributed by atoms with E-state index in [9.17, 15) is 18.4 Å². The molecule has 126 valence electrons. The molecule has 1 atom stereocenters. The maximum Gasteiger partial charge on any atom is 0.328 e. The van der Waals surface area contributed by atoms with Crippen LogP contribution in [0.1, 0.15) is 15.9 Å². The Morgan fingerprint density at radius 2 is 1.83 bits per heavy atom. The number of nitrogens with one attached hydrogen (secondary N) is 1. The topological polar surface area (TPSA) is 55.4 Å². The second kappa shape index (κ2) is 8.01. The molecule has 0 bridgehead atoms. The highest BCUT2D eigenvalue weighted by Gasteiger charge is 2.24. The monoisotopic (exact) mass is 397 g/mol. The van der Waals surface area contributed by atoms with Crippen LogP contribution in [0.3, 0.4) is 0 Å². The van der Waals surface area contributed by atoms with Crippen molar-refractivity contribution < 1.29 is 23.1 Å². The molecule has 0 saturated carbocycles. The highest BCUT2D eigenvalue weighted by Crippen LogP contribution is 2.14. The van der Waals surface area contributed by atoms with Gasteiger partial charge in [0.05, 0.1) is 12.7 Å². The SMILES string of the molecule is COC(=O)[C@H](Cc1ccc(Br)cc1)NC(=O)c1cccc(F)c1F. The lowest BCUT2D eigenvalue weighted by Gasteiger charge is -2.17. The number of hydrogen-bond donors (Lipinski definition) is 1. The van der Waals surface area contributed by atoms with Gasteiger partial charge >= 0.3 is 5.97 Å². The van der Waals surface area contributed by atoms with Gasteiger partial charge < -0.3 is 10.1 Å². The van der Waals surface area contributed by atoms with Crippen molar-refractivity contribution in [1.82, 2.24) is 5.32 Å². The number of methoxy groups -OCH3 is 1. The second-order valence-corrected chi connectivity index (χ2v) is 5.90. The van der Waals surface area contributed by atoms with Crippen LogP contribution in [0.25, 0.3) is 0 Å². The van der Waals surface area contributed by atoms with Gasteiger partial charge in [-0.1, -0.05) is 34.1 Å². The Balaban J connectivity index is 2.19. The minimum Gasteiger partial charge on any atom is -0.467 e. The number of halogens is 3. The molecule has 0 saturated heterocycles. The first-order valence-electron chi connectivity index (χ1n) is 6.99. The van der Waals surface area contributed by atoms with Gasteiger partial charge in [-0.2, -0.15) is 0 Å². The van der Waals surface area contributed by atoms with Crippen molar-refractivity contribution >= 4 is 27.8 Å². The molecule has 2 aromatic rings. The molecule has 0 heterocycles. The molecule has 2 rings (SSSR count). The number of hydrogen-bond acceptors (Lipinski definition) is 3. The molecule has 0 aliphatic rings. The predicted octanol–water partition coefficient (Wildman–Crippen LogP) is 3.24. The van der Waals surface area contributed by atoms with Crippen molar-refractivity contribution in [2.24, 2.45) is 0 Å². The van der Waals surface area contributed by atoms with E-state index in [2.05, 4.69) is 26.0 Å². The zero-order valence-electron chi connectivity index (χ0n) is 12.7. The van der Waals surface area contributed by atoms with E-state index < -0.39 is 35.1 Å². The summed E-state index contributed by atoms with van der Waals surface area (Å²) in [5.74, 6) is -3.96. The summed E-state index contributed by atoms with van der Waals surface area (Å²) < 4.78 is 32.5. The third-order valence-corrected chi connectivity index (χ3v) is 3.87. The quantitative estimate of drug-likeness (QED) is 0.787. The third kappa shape index (κ3) is 4.38. The van der Waals surface area contributed by atoms with Crippen LogP contribution in [-0.2, 0) is 16.0 Å². The molecule has 0 aliphatic heterocycles. The first kappa shape index (κ1) is 18.1. The molecule has 0 aromatic heterocycles. The van der Waals surface area contributed by atoms with Crippen LogP contribution >= 0.6 is 15.9 Å². The minimum atomic E-state index is -1.26. The highest BCUT2D eigenvalue weighted by molar-refractivity contribution is 9.10. The molecule has 0 aliphatic carbocycles. The number of carbonyl (C=O) groups is 2. The van der Waals surface area contributed by atoms with Crippen molar-refractivity contribution in [2.45, 2.75) is 12.5 Å². The van der Waals surface area contributed by atoms with Crippen LogP contribution in [0, 0.1) is 11.6 Å². The van der Waals surface area contributed by atoms with Gasteiger partial charge in [0.25, 0.3) is 5.91 Å². The van der Waals surface area contributed by atoms with Crippen molar-refractivity contribution in [3.63, 3.8) is 0 Å². The van der Waals surface area contributed by atoms with E-state index >= 15 is 0 Å². The molecule has 2 aromatic carbocycles. The van der Waals surface area contributed by atoms with Gasteiger partial charge in [0.15, 0.2) is 11.6 Å². The molecule has 7 heteroatoms. The molecule has 0 fully saturated rings. The molecule has 0 spiro atoms. The lowest BCUT2D eigenvalue weighted by atomic mass is 10.1. The molecule has 4 nitrogen and oxygen atoms in total. The smallest absolute Gasteiger partial charge is 0.328 e. The number of ether oxygens (including phenoxy) is 1. The lowest BCUT2D eigenvalue weighted by Crippen LogP contribution is -2.43. The van der Waals surface area contributed by atoms with Crippen LogP contribution in [0.2, 0.25) is 0 Å². The maximum atomic E-state index is 13.7. The zero-order chi connectivity index (χ0) is 17.7. The zero-order valence-corrected chi connectivity index (χ0v) is 14.3. The normalized spacial score (nSPS) is 11.7. The standard InChI is InChI=1S/C17H14BrF2NO3/c1-24-17(23)14(9-10-5-7-11(18)8-6-10)21-16(22)12-3-2-4-13(19)15(12)20/h2-8,14H,9H2,1H3,(H,21,22)/t14-/m0/s1. The summed E-state index contributed by atoms with van der Waals surface area (Å²) in [4.78, 5) is 24.0. The molecular formula is C17H14BrF2NO3. The van der Waals surface area contributed by atoms with E-state index in [4.69, 9.17) is 0 Å². The number of esters is 1. The van der Waals surface area contributed by atoms with Crippen molar-refractivity contribution in [3.8, 4) is 0 Å². The van der Waals surface area contributed by atoms with Crippen molar-refractivity contribution in [3.05, 3.63) is 69.7 Å². The van der Waals surface area contributed by atoms with Gasteiger partial charge in [0.2, 0.25) is 0 Å². The first-order valence-corrected chi connectivity index (χ1v) is 7.79. The van der Waals surface area contributed by atoms with Gasteiger partial charge in [-0.25, -0.2) is 13.6 Å². The van der Waals surface area contributed by atoms with Crippen LogP contribution in [-0.4, -0.2) is 25.0 Å². The van der Waals surface area contributed by atoms with E-state index in [-0.39, 0.29) is 6.42 Å².